The molecule has 0 saturated carbocycles. The molecule has 17 heavy (non-hydrogen) atoms. The third kappa shape index (κ3) is 1.89. The van der Waals surface area contributed by atoms with Gasteiger partial charge in [0.1, 0.15) is 11.6 Å². The number of nitrogens with zero attached hydrogens (tertiary/aromatic N) is 3. The van der Waals surface area contributed by atoms with Crippen molar-refractivity contribution in [1.29, 1.82) is 5.26 Å². The minimum atomic E-state index is -3.52. The quantitative estimate of drug-likeness (QED) is 0.800. The van der Waals surface area contributed by atoms with Crippen LogP contribution in [-0.2, 0) is 16.9 Å². The summed E-state index contributed by atoms with van der Waals surface area (Å²) in [5, 5.41) is 8.48. The lowest BCUT2D eigenvalue weighted by molar-refractivity contribution is 0.599. The number of rotatable bonds is 2. The lowest BCUT2D eigenvalue weighted by atomic mass is 10.3. The number of benzene rings is 1. The highest BCUT2D eigenvalue weighted by molar-refractivity contribution is 7.91. The van der Waals surface area contributed by atoms with E-state index >= 15 is 0 Å². The highest BCUT2D eigenvalue weighted by Gasteiger charge is 2.15. The number of aromatic nitrogens is 2. The van der Waals surface area contributed by atoms with E-state index < -0.39 is 15.6 Å². The molecule has 0 N–H and O–H groups in total. The highest BCUT2D eigenvalue weighted by atomic mass is 32.2. The van der Waals surface area contributed by atoms with Crippen LogP contribution >= 0.6 is 0 Å². The molecule has 6 heteroatoms. The molecule has 0 saturated heterocycles. The van der Waals surface area contributed by atoms with Gasteiger partial charge in [-0.05, 0) is 25.1 Å². The topological polar surface area (TPSA) is 75.8 Å². The molecule has 0 aliphatic rings. The summed E-state index contributed by atoms with van der Waals surface area (Å²) in [4.78, 5) is 4.41. The fourth-order valence-corrected chi connectivity index (χ4v) is 2.57. The van der Waals surface area contributed by atoms with Gasteiger partial charge in [0.25, 0.3) is 0 Å². The van der Waals surface area contributed by atoms with Gasteiger partial charge >= 0.3 is 0 Å². The third-order valence-electron chi connectivity index (χ3n) is 2.69. The molecule has 2 aromatic rings. The van der Waals surface area contributed by atoms with Gasteiger partial charge in [-0.2, -0.15) is 5.26 Å². The van der Waals surface area contributed by atoms with E-state index in [2.05, 4.69) is 4.98 Å². The summed E-state index contributed by atoms with van der Waals surface area (Å²) in [5.74, 6) is 0.305. The van der Waals surface area contributed by atoms with E-state index in [4.69, 9.17) is 5.26 Å². The van der Waals surface area contributed by atoms with E-state index in [1.807, 2.05) is 18.5 Å². The van der Waals surface area contributed by atoms with Crippen LogP contribution in [0.15, 0.2) is 23.1 Å². The maximum absolute atomic E-state index is 11.7. The molecular formula is C11H11N3O2S. The average Bonchev–Trinajstić information content (AvgIpc) is 2.54. The van der Waals surface area contributed by atoms with Crippen LogP contribution in [-0.4, -0.2) is 23.7 Å². The minimum absolute atomic E-state index is 0.143. The Morgan fingerprint density at radius 3 is 2.82 bits per heavy atom. The Hall–Kier alpha value is -1.87. The van der Waals surface area contributed by atoms with E-state index in [1.165, 1.54) is 12.1 Å². The molecule has 0 amide bonds. The van der Waals surface area contributed by atoms with E-state index in [9.17, 15) is 8.42 Å². The third-order valence-corrected chi connectivity index (χ3v) is 4.17. The Balaban J connectivity index is 2.65. The standard InChI is InChI=1S/C11H11N3O2S/c1-8-13-10-7-9(17(15,16)6-5-12)3-4-11(10)14(8)2/h3-4,7H,6H2,1-2H3. The van der Waals surface area contributed by atoms with Crippen molar-refractivity contribution in [3.8, 4) is 6.07 Å². The number of nitriles is 1. The zero-order valence-corrected chi connectivity index (χ0v) is 10.3. The molecule has 0 unspecified atom stereocenters. The van der Waals surface area contributed by atoms with E-state index in [-0.39, 0.29) is 4.90 Å². The van der Waals surface area contributed by atoms with Crippen molar-refractivity contribution in [1.82, 2.24) is 9.55 Å². The predicted molar refractivity (Wildman–Crippen MR) is 63.1 cm³/mol. The molecule has 0 bridgehead atoms. The van der Waals surface area contributed by atoms with Gasteiger partial charge in [-0.3, -0.25) is 0 Å². The minimum Gasteiger partial charge on any atom is -0.331 e. The molecule has 0 aliphatic heterocycles. The molecule has 0 radical (unpaired) electrons. The molecule has 0 spiro atoms. The van der Waals surface area contributed by atoms with Gasteiger partial charge in [0.05, 0.1) is 22.0 Å². The van der Waals surface area contributed by atoms with E-state index in [0.29, 0.717) is 5.52 Å². The van der Waals surface area contributed by atoms with Gasteiger partial charge in [-0.25, -0.2) is 13.4 Å². The summed E-state index contributed by atoms with van der Waals surface area (Å²) in [6, 6.07) is 6.38. The lowest BCUT2D eigenvalue weighted by Crippen LogP contribution is -2.04. The Labute approximate surface area is 99.2 Å². The normalized spacial score (nSPS) is 11.6. The Morgan fingerprint density at radius 1 is 1.47 bits per heavy atom. The van der Waals surface area contributed by atoms with Crippen LogP contribution in [0.1, 0.15) is 5.82 Å². The Kier molecular flexibility index (Phi) is 2.63. The SMILES string of the molecule is Cc1nc2cc(S(=O)(=O)CC#N)ccc2n1C. The first-order chi connectivity index (χ1) is 7.95. The number of hydrogen-bond donors (Lipinski definition) is 0. The van der Waals surface area contributed by atoms with Crippen LogP contribution in [0.2, 0.25) is 0 Å². The van der Waals surface area contributed by atoms with Gasteiger partial charge in [0, 0.05) is 7.05 Å². The molecule has 0 fully saturated rings. The van der Waals surface area contributed by atoms with Gasteiger partial charge in [0.15, 0.2) is 9.84 Å². The van der Waals surface area contributed by atoms with Crippen LogP contribution < -0.4 is 0 Å². The summed E-state index contributed by atoms with van der Waals surface area (Å²) in [6.45, 7) is 1.85. The lowest BCUT2D eigenvalue weighted by Gasteiger charge is -2.00. The Bertz CT molecular complexity index is 723. The molecule has 0 aliphatic carbocycles. The van der Waals surface area contributed by atoms with Gasteiger partial charge < -0.3 is 4.57 Å². The van der Waals surface area contributed by atoms with Gasteiger partial charge in [0.2, 0.25) is 0 Å². The molecule has 2 rings (SSSR count). The van der Waals surface area contributed by atoms with E-state index in [0.717, 1.165) is 11.3 Å². The second-order valence-corrected chi connectivity index (χ2v) is 5.78. The average molecular weight is 249 g/mol. The summed E-state index contributed by atoms with van der Waals surface area (Å²) in [5.41, 5.74) is 1.50. The maximum atomic E-state index is 11.7. The smallest absolute Gasteiger partial charge is 0.191 e. The first-order valence-corrected chi connectivity index (χ1v) is 6.64. The van der Waals surface area contributed by atoms with Crippen LogP contribution in [0.4, 0.5) is 0 Å². The Morgan fingerprint density at radius 2 is 2.18 bits per heavy atom. The molecule has 1 aromatic carbocycles. The van der Waals surface area contributed by atoms with Crippen LogP contribution in [0.25, 0.3) is 11.0 Å². The number of sulfone groups is 1. The maximum Gasteiger partial charge on any atom is 0.191 e. The summed E-state index contributed by atoms with van der Waals surface area (Å²) < 4.78 is 25.3. The molecular weight excluding hydrogens is 238 g/mol. The van der Waals surface area contributed by atoms with Crippen LogP contribution in [0.5, 0.6) is 0 Å². The first kappa shape index (κ1) is 11.6. The zero-order valence-electron chi connectivity index (χ0n) is 9.51. The zero-order chi connectivity index (χ0) is 12.6. The number of imidazole rings is 1. The van der Waals surface area contributed by atoms with Crippen molar-refractivity contribution < 1.29 is 8.42 Å². The molecule has 1 aromatic heterocycles. The predicted octanol–water partition coefficient (Wildman–Crippen LogP) is 1.18. The summed E-state index contributed by atoms with van der Waals surface area (Å²) in [6.07, 6.45) is 0. The van der Waals surface area contributed by atoms with Crippen molar-refractivity contribution >= 4 is 20.9 Å². The van der Waals surface area contributed by atoms with Crippen LogP contribution in [0, 0.1) is 18.3 Å². The van der Waals surface area contributed by atoms with Gasteiger partial charge in [-0.15, -0.1) is 0 Å². The molecule has 1 heterocycles. The highest BCUT2D eigenvalue weighted by Crippen LogP contribution is 2.20. The van der Waals surface area contributed by atoms with Crippen molar-refractivity contribution in [2.75, 3.05) is 5.75 Å². The van der Waals surface area contributed by atoms with Crippen molar-refractivity contribution in [2.24, 2.45) is 7.05 Å². The van der Waals surface area contributed by atoms with Gasteiger partial charge in [-0.1, -0.05) is 0 Å². The number of hydrogen-bond acceptors (Lipinski definition) is 4. The second-order valence-electron chi connectivity index (χ2n) is 3.79. The number of aryl methyl sites for hydroxylation is 2. The summed E-state index contributed by atoms with van der Waals surface area (Å²) in [7, 11) is -1.65. The molecule has 5 nitrogen and oxygen atoms in total. The molecule has 0 atom stereocenters. The van der Waals surface area contributed by atoms with Crippen molar-refractivity contribution in [3.63, 3.8) is 0 Å². The monoisotopic (exact) mass is 249 g/mol. The van der Waals surface area contributed by atoms with Crippen LogP contribution in [0.3, 0.4) is 0 Å². The van der Waals surface area contributed by atoms with E-state index in [1.54, 1.807) is 12.1 Å². The largest absolute Gasteiger partial charge is 0.331 e. The summed E-state index contributed by atoms with van der Waals surface area (Å²) >= 11 is 0. The van der Waals surface area contributed by atoms with Crippen molar-refractivity contribution in [3.05, 3.63) is 24.0 Å². The first-order valence-electron chi connectivity index (χ1n) is 4.98. The fourth-order valence-electron chi connectivity index (χ4n) is 1.66. The van der Waals surface area contributed by atoms with Crippen molar-refractivity contribution in [2.45, 2.75) is 11.8 Å². The second kappa shape index (κ2) is 3.86. The molecule has 88 valence electrons. The fraction of sp³-hybridized carbons (Fsp3) is 0.273. The number of fused-ring (bicyclic) bond motifs is 1.